The summed E-state index contributed by atoms with van der Waals surface area (Å²) in [7, 11) is 0. The van der Waals surface area contributed by atoms with Crippen LogP contribution in [-0.2, 0) is 14.3 Å². The lowest BCUT2D eigenvalue weighted by Gasteiger charge is -2.38. The van der Waals surface area contributed by atoms with Crippen LogP contribution in [0.2, 0.25) is 5.02 Å². The monoisotopic (exact) mass is 439 g/mol. The van der Waals surface area contributed by atoms with E-state index in [0.29, 0.717) is 45.9 Å². The lowest BCUT2D eigenvalue weighted by molar-refractivity contribution is -0.384. The number of rotatable bonds is 6. The third kappa shape index (κ3) is 5.66. The molecule has 3 rings (SSSR count). The third-order valence-electron chi connectivity index (χ3n) is 5.48. The fourth-order valence-electron chi connectivity index (χ4n) is 3.53. The Labute approximate surface area is 179 Å². The molecule has 0 saturated carbocycles. The van der Waals surface area contributed by atoms with Crippen LogP contribution in [-0.4, -0.2) is 96.5 Å². The minimum atomic E-state index is -0.539. The number of piperazine rings is 1. The highest BCUT2D eigenvalue weighted by molar-refractivity contribution is 6.33. The van der Waals surface area contributed by atoms with Crippen LogP contribution in [0.5, 0.6) is 0 Å². The van der Waals surface area contributed by atoms with Crippen LogP contribution in [0.3, 0.4) is 0 Å². The Kier molecular flexibility index (Phi) is 7.59. The molecule has 2 amide bonds. The smallest absolute Gasteiger partial charge is 0.271 e. The van der Waals surface area contributed by atoms with Crippen molar-refractivity contribution in [2.24, 2.45) is 0 Å². The maximum absolute atomic E-state index is 12.6. The second-order valence-electron chi connectivity index (χ2n) is 7.39. The Morgan fingerprint density at radius 1 is 1.20 bits per heavy atom. The molecule has 2 fully saturated rings. The molecule has 0 aliphatic carbocycles. The summed E-state index contributed by atoms with van der Waals surface area (Å²) in [6, 6.07) is 3.46. The van der Waals surface area contributed by atoms with Gasteiger partial charge >= 0.3 is 0 Å². The van der Waals surface area contributed by atoms with Gasteiger partial charge in [-0.25, -0.2) is 0 Å². The van der Waals surface area contributed by atoms with Crippen LogP contribution in [0, 0.1) is 10.1 Å². The first kappa shape index (κ1) is 22.4. The number of nitrogens with zero attached hydrogens (tertiary/aromatic N) is 4. The van der Waals surface area contributed by atoms with Gasteiger partial charge in [0.1, 0.15) is 0 Å². The number of halogens is 1. The number of nitro benzene ring substituents is 1. The summed E-state index contributed by atoms with van der Waals surface area (Å²) < 4.78 is 5.31. The van der Waals surface area contributed by atoms with Gasteiger partial charge in [-0.2, -0.15) is 0 Å². The van der Waals surface area contributed by atoms with Crippen molar-refractivity contribution >= 4 is 34.8 Å². The molecule has 164 valence electrons. The van der Waals surface area contributed by atoms with Gasteiger partial charge in [0.05, 0.1) is 41.4 Å². The highest BCUT2D eigenvalue weighted by Crippen LogP contribution is 2.27. The molecular formula is C19H26ClN5O5. The topological polar surface area (TPSA) is 108 Å². The van der Waals surface area contributed by atoms with Gasteiger partial charge in [-0.1, -0.05) is 11.6 Å². The number of ether oxygens (including phenoxy) is 1. The highest BCUT2D eigenvalue weighted by Gasteiger charge is 2.28. The molecule has 11 heteroatoms. The van der Waals surface area contributed by atoms with E-state index in [1.165, 1.54) is 18.2 Å². The molecule has 0 radical (unpaired) electrons. The molecule has 0 spiro atoms. The maximum atomic E-state index is 12.6. The van der Waals surface area contributed by atoms with Gasteiger partial charge in [0.25, 0.3) is 5.69 Å². The predicted molar refractivity (Wildman–Crippen MR) is 112 cm³/mol. The van der Waals surface area contributed by atoms with Crippen LogP contribution in [0.25, 0.3) is 0 Å². The SMILES string of the molecule is CC(C(=O)Nc1cc([N+](=O)[O-])ccc1Cl)N1CCN(C(=O)CN2CCOCC2)CC1. The van der Waals surface area contributed by atoms with Crippen molar-refractivity contribution in [1.29, 1.82) is 0 Å². The van der Waals surface area contributed by atoms with Gasteiger partial charge in [0.15, 0.2) is 0 Å². The number of carbonyl (C=O) groups is 2. The molecule has 0 bridgehead atoms. The summed E-state index contributed by atoms with van der Waals surface area (Å²) in [5.41, 5.74) is 0.0665. The minimum absolute atomic E-state index is 0.0945. The van der Waals surface area contributed by atoms with Crippen molar-refractivity contribution in [2.45, 2.75) is 13.0 Å². The van der Waals surface area contributed by atoms with E-state index in [2.05, 4.69) is 10.2 Å². The molecule has 1 N–H and O–H groups in total. The first-order valence-electron chi connectivity index (χ1n) is 9.92. The first-order valence-corrected chi connectivity index (χ1v) is 10.3. The second kappa shape index (κ2) is 10.2. The Hall–Kier alpha value is -2.27. The Morgan fingerprint density at radius 2 is 1.87 bits per heavy atom. The summed E-state index contributed by atoms with van der Waals surface area (Å²) in [5, 5.41) is 13.9. The van der Waals surface area contributed by atoms with Crippen molar-refractivity contribution in [3.05, 3.63) is 33.3 Å². The highest BCUT2D eigenvalue weighted by atomic mass is 35.5. The molecule has 1 unspecified atom stereocenters. The molecule has 0 aromatic heterocycles. The number of hydrogen-bond acceptors (Lipinski definition) is 7. The zero-order valence-corrected chi connectivity index (χ0v) is 17.6. The number of anilines is 1. The molecule has 10 nitrogen and oxygen atoms in total. The van der Waals surface area contributed by atoms with E-state index in [1.54, 1.807) is 6.92 Å². The summed E-state index contributed by atoms with van der Waals surface area (Å²) in [4.78, 5) is 41.5. The van der Waals surface area contributed by atoms with Crippen LogP contribution >= 0.6 is 11.6 Å². The van der Waals surface area contributed by atoms with E-state index in [1.807, 2.05) is 9.80 Å². The van der Waals surface area contributed by atoms with Crippen molar-refractivity contribution in [1.82, 2.24) is 14.7 Å². The molecule has 30 heavy (non-hydrogen) atoms. The Balaban J connectivity index is 1.50. The Bertz CT molecular complexity index is 794. The summed E-state index contributed by atoms with van der Waals surface area (Å²) >= 11 is 6.06. The lowest BCUT2D eigenvalue weighted by atomic mass is 10.2. The number of nitro groups is 1. The quantitative estimate of drug-likeness (QED) is 0.521. The zero-order chi connectivity index (χ0) is 21.7. The molecule has 2 heterocycles. The maximum Gasteiger partial charge on any atom is 0.271 e. The molecule has 1 atom stereocenters. The molecule has 1 aromatic rings. The number of morpholine rings is 1. The van der Waals surface area contributed by atoms with E-state index < -0.39 is 11.0 Å². The first-order chi connectivity index (χ1) is 14.3. The fraction of sp³-hybridized carbons (Fsp3) is 0.579. The van der Waals surface area contributed by atoms with Crippen LogP contribution < -0.4 is 5.32 Å². The summed E-state index contributed by atoms with van der Waals surface area (Å²) in [5.74, 6) is -0.206. The molecular weight excluding hydrogens is 414 g/mol. The van der Waals surface area contributed by atoms with Crippen molar-refractivity contribution < 1.29 is 19.2 Å². The molecule has 2 saturated heterocycles. The number of non-ortho nitro benzene ring substituents is 1. The van der Waals surface area contributed by atoms with Gasteiger partial charge in [0.2, 0.25) is 11.8 Å². The Morgan fingerprint density at radius 3 is 2.50 bits per heavy atom. The van der Waals surface area contributed by atoms with E-state index in [9.17, 15) is 19.7 Å². The average molecular weight is 440 g/mol. The normalized spacial score (nSPS) is 19.3. The van der Waals surface area contributed by atoms with E-state index >= 15 is 0 Å². The largest absolute Gasteiger partial charge is 0.379 e. The predicted octanol–water partition coefficient (Wildman–Crippen LogP) is 1.05. The van der Waals surface area contributed by atoms with E-state index in [4.69, 9.17) is 16.3 Å². The zero-order valence-electron chi connectivity index (χ0n) is 16.9. The lowest BCUT2D eigenvalue weighted by Crippen LogP contribution is -2.55. The molecule has 2 aliphatic rings. The number of benzene rings is 1. The van der Waals surface area contributed by atoms with E-state index in [-0.39, 0.29) is 28.2 Å². The summed E-state index contributed by atoms with van der Waals surface area (Å²) in [6.07, 6.45) is 0. The average Bonchev–Trinajstić information content (AvgIpc) is 2.75. The second-order valence-corrected chi connectivity index (χ2v) is 7.80. The van der Waals surface area contributed by atoms with Crippen LogP contribution in [0.4, 0.5) is 11.4 Å². The minimum Gasteiger partial charge on any atom is -0.379 e. The standard InChI is InChI=1S/C19H26ClN5O5/c1-14(19(27)21-17-12-15(25(28)29)2-3-16(17)20)23-4-6-24(7-5-23)18(26)13-22-8-10-30-11-9-22/h2-3,12,14H,4-11,13H2,1H3,(H,21,27). The number of amides is 2. The van der Waals surface area contributed by atoms with Gasteiger partial charge in [-0.05, 0) is 13.0 Å². The number of hydrogen-bond donors (Lipinski definition) is 1. The summed E-state index contributed by atoms with van der Waals surface area (Å²) in [6.45, 7) is 7.27. The van der Waals surface area contributed by atoms with Crippen molar-refractivity contribution in [2.75, 3.05) is 64.3 Å². The van der Waals surface area contributed by atoms with Gasteiger partial charge in [-0.3, -0.25) is 29.5 Å². The van der Waals surface area contributed by atoms with Crippen LogP contribution in [0.1, 0.15) is 6.92 Å². The van der Waals surface area contributed by atoms with Crippen molar-refractivity contribution in [3.8, 4) is 0 Å². The van der Waals surface area contributed by atoms with Gasteiger partial charge < -0.3 is 15.0 Å². The third-order valence-corrected chi connectivity index (χ3v) is 5.80. The molecule has 2 aliphatic heterocycles. The van der Waals surface area contributed by atoms with Crippen LogP contribution in [0.15, 0.2) is 18.2 Å². The number of nitrogens with one attached hydrogen (secondary N) is 1. The van der Waals surface area contributed by atoms with Crippen molar-refractivity contribution in [3.63, 3.8) is 0 Å². The number of carbonyl (C=O) groups excluding carboxylic acids is 2. The van der Waals surface area contributed by atoms with E-state index in [0.717, 1.165) is 13.1 Å². The molecule has 1 aromatic carbocycles. The fourth-order valence-corrected chi connectivity index (χ4v) is 3.70. The van der Waals surface area contributed by atoms with Gasteiger partial charge in [0, 0.05) is 51.4 Å². The van der Waals surface area contributed by atoms with Gasteiger partial charge in [-0.15, -0.1) is 0 Å².